The highest BCUT2D eigenvalue weighted by Gasteiger charge is 2.77. The molecule has 0 aromatic heterocycles. The maximum atomic E-state index is 12.4. The van der Waals surface area contributed by atoms with Crippen molar-refractivity contribution in [3.05, 3.63) is 47.5 Å². The van der Waals surface area contributed by atoms with Gasteiger partial charge in [0.05, 0.1) is 5.54 Å². The second kappa shape index (κ2) is 4.93. The normalized spacial score (nSPS) is 39.8. The molecule has 1 aromatic carbocycles. The molecule has 2 saturated carbocycles. The molecule has 6 rings (SSSR count). The molecule has 6 nitrogen and oxygen atoms in total. The van der Waals surface area contributed by atoms with E-state index < -0.39 is 17.7 Å². The van der Waals surface area contributed by atoms with E-state index in [2.05, 4.69) is 22.9 Å². The summed E-state index contributed by atoms with van der Waals surface area (Å²) in [5.74, 6) is 1.58. The SMILES string of the molecule is Cc1ccc(C(=O)NN(C=O)C(O)C23NC2C2C=CC3C3CC23)cc1. The van der Waals surface area contributed by atoms with E-state index >= 15 is 0 Å². The van der Waals surface area contributed by atoms with Gasteiger partial charge in [0, 0.05) is 17.5 Å². The molecule has 7 unspecified atom stereocenters. The molecule has 3 N–H and O–H groups in total. The Labute approximate surface area is 145 Å². The minimum Gasteiger partial charge on any atom is -0.370 e. The van der Waals surface area contributed by atoms with Gasteiger partial charge in [0.25, 0.3) is 5.91 Å². The molecule has 25 heavy (non-hydrogen) atoms. The number of hydrogen-bond donors (Lipinski definition) is 3. The van der Waals surface area contributed by atoms with E-state index in [4.69, 9.17) is 0 Å². The van der Waals surface area contributed by atoms with Crippen molar-refractivity contribution in [1.29, 1.82) is 0 Å². The monoisotopic (exact) mass is 339 g/mol. The second-order valence-electron chi connectivity index (χ2n) is 7.80. The molecule has 0 radical (unpaired) electrons. The van der Waals surface area contributed by atoms with E-state index in [0.29, 0.717) is 23.8 Å². The zero-order valence-corrected chi connectivity index (χ0v) is 13.9. The first-order valence-corrected chi connectivity index (χ1v) is 8.81. The van der Waals surface area contributed by atoms with E-state index in [1.807, 2.05) is 19.1 Å². The van der Waals surface area contributed by atoms with Crippen LogP contribution in [0.15, 0.2) is 36.4 Å². The highest BCUT2D eigenvalue weighted by atomic mass is 16.3. The Bertz CT molecular complexity index is 777. The van der Waals surface area contributed by atoms with Gasteiger partial charge in [-0.25, -0.2) is 5.01 Å². The lowest BCUT2D eigenvalue weighted by molar-refractivity contribution is -0.137. The number of benzene rings is 1. The van der Waals surface area contributed by atoms with Crippen molar-refractivity contribution in [2.45, 2.75) is 31.2 Å². The topological polar surface area (TPSA) is 91.6 Å². The van der Waals surface area contributed by atoms with Crippen molar-refractivity contribution in [2.75, 3.05) is 0 Å². The Hall–Kier alpha value is -2.18. The fourth-order valence-electron chi connectivity index (χ4n) is 5.11. The molecule has 1 aliphatic heterocycles. The molecule has 6 heteroatoms. The lowest BCUT2D eigenvalue weighted by Gasteiger charge is -2.40. The Morgan fingerprint density at radius 2 is 2.12 bits per heavy atom. The van der Waals surface area contributed by atoms with Gasteiger partial charge < -0.3 is 10.4 Å². The van der Waals surface area contributed by atoms with Crippen LogP contribution in [0.5, 0.6) is 0 Å². The highest BCUT2D eigenvalue weighted by molar-refractivity contribution is 5.94. The van der Waals surface area contributed by atoms with E-state index in [1.54, 1.807) is 12.1 Å². The number of rotatable bonds is 5. The third-order valence-corrected chi connectivity index (χ3v) is 6.51. The predicted molar refractivity (Wildman–Crippen MR) is 89.9 cm³/mol. The summed E-state index contributed by atoms with van der Waals surface area (Å²) in [5, 5.41) is 15.4. The number of carbonyl (C=O) groups is 2. The molecule has 7 atom stereocenters. The number of aliphatic hydroxyl groups is 1. The Morgan fingerprint density at radius 3 is 2.84 bits per heavy atom. The number of hydrogen-bond acceptors (Lipinski definition) is 4. The number of amides is 2. The lowest BCUT2D eigenvalue weighted by Crippen LogP contribution is -2.59. The summed E-state index contributed by atoms with van der Waals surface area (Å²) in [4.78, 5) is 24.0. The second-order valence-corrected chi connectivity index (χ2v) is 7.80. The minimum absolute atomic E-state index is 0.194. The van der Waals surface area contributed by atoms with Crippen molar-refractivity contribution in [1.82, 2.24) is 15.8 Å². The average Bonchev–Trinajstić information content (AvgIpc) is 3.51. The van der Waals surface area contributed by atoms with Crippen molar-refractivity contribution in [2.24, 2.45) is 23.7 Å². The number of carbonyl (C=O) groups excluding carboxylic acids is 2. The molecule has 1 saturated heterocycles. The Balaban J connectivity index is 1.35. The summed E-state index contributed by atoms with van der Waals surface area (Å²) in [6, 6.07) is 7.28. The molecule has 130 valence electrons. The third kappa shape index (κ3) is 1.98. The summed E-state index contributed by atoms with van der Waals surface area (Å²) in [5.41, 5.74) is 3.54. The van der Waals surface area contributed by atoms with Crippen LogP contribution in [0.2, 0.25) is 0 Å². The summed E-state index contributed by atoms with van der Waals surface area (Å²) in [6.07, 6.45) is 5.06. The van der Waals surface area contributed by atoms with E-state index in [0.717, 1.165) is 16.5 Å². The standard InChI is InChI=1S/C19H21N3O3/c1-10-2-4-11(5-3-10)17(24)21-22(9-23)18(25)19-15-7-6-12(16(19)20-19)13-8-14(13)15/h2-7,9,12-16,18,20,25H,8H2,1H3,(H,21,24). The summed E-state index contributed by atoms with van der Waals surface area (Å²) < 4.78 is 0. The molecular formula is C19H21N3O3. The average molecular weight is 339 g/mol. The van der Waals surface area contributed by atoms with Crippen LogP contribution in [0.4, 0.5) is 0 Å². The van der Waals surface area contributed by atoms with Gasteiger partial charge in [-0.1, -0.05) is 29.8 Å². The molecule has 2 amide bonds. The van der Waals surface area contributed by atoms with Crippen LogP contribution in [0.3, 0.4) is 0 Å². The van der Waals surface area contributed by atoms with Gasteiger partial charge in [0.1, 0.15) is 0 Å². The van der Waals surface area contributed by atoms with E-state index in [1.165, 1.54) is 6.42 Å². The molecule has 1 heterocycles. The lowest BCUT2D eigenvalue weighted by atomic mass is 9.68. The Kier molecular flexibility index (Phi) is 2.98. The maximum absolute atomic E-state index is 12.4. The molecular weight excluding hydrogens is 318 g/mol. The largest absolute Gasteiger partial charge is 0.370 e. The summed E-state index contributed by atoms with van der Waals surface area (Å²) >= 11 is 0. The number of aliphatic hydroxyl groups excluding tert-OH is 1. The first-order valence-electron chi connectivity index (χ1n) is 8.81. The molecule has 2 bridgehead atoms. The van der Waals surface area contributed by atoms with E-state index in [-0.39, 0.29) is 12.0 Å². The minimum atomic E-state index is -1.08. The molecule has 4 aliphatic carbocycles. The van der Waals surface area contributed by atoms with Gasteiger partial charge >= 0.3 is 0 Å². The van der Waals surface area contributed by atoms with Gasteiger partial charge in [-0.2, -0.15) is 0 Å². The highest BCUT2D eigenvalue weighted by Crippen LogP contribution is 2.68. The number of nitrogens with zero attached hydrogens (tertiary/aromatic N) is 1. The van der Waals surface area contributed by atoms with Crippen molar-refractivity contribution >= 4 is 12.3 Å². The summed E-state index contributed by atoms with van der Waals surface area (Å²) in [6.45, 7) is 1.94. The molecule has 0 spiro atoms. The van der Waals surface area contributed by atoms with Crippen molar-refractivity contribution in [3.63, 3.8) is 0 Å². The smallest absolute Gasteiger partial charge is 0.269 e. The van der Waals surface area contributed by atoms with Gasteiger partial charge in [0.15, 0.2) is 6.23 Å². The van der Waals surface area contributed by atoms with Crippen LogP contribution < -0.4 is 10.7 Å². The first-order chi connectivity index (χ1) is 12.1. The quantitative estimate of drug-likeness (QED) is 0.241. The third-order valence-electron chi connectivity index (χ3n) is 6.51. The zero-order valence-electron chi connectivity index (χ0n) is 13.9. The van der Waals surface area contributed by atoms with Crippen molar-refractivity contribution in [3.8, 4) is 0 Å². The van der Waals surface area contributed by atoms with Crippen LogP contribution in [0, 0.1) is 30.6 Å². The van der Waals surface area contributed by atoms with Crippen LogP contribution in [0.25, 0.3) is 0 Å². The van der Waals surface area contributed by atoms with Gasteiger partial charge in [0.2, 0.25) is 6.41 Å². The van der Waals surface area contributed by atoms with Gasteiger partial charge in [-0.05, 0) is 43.2 Å². The fraction of sp³-hybridized carbons (Fsp3) is 0.474. The van der Waals surface area contributed by atoms with Crippen LogP contribution >= 0.6 is 0 Å². The predicted octanol–water partition coefficient (Wildman–Crippen LogP) is 0.579. The van der Waals surface area contributed by atoms with Gasteiger partial charge in [-0.3, -0.25) is 15.0 Å². The molecule has 5 aliphatic rings. The summed E-state index contributed by atoms with van der Waals surface area (Å²) in [7, 11) is 0. The molecule has 1 aromatic rings. The van der Waals surface area contributed by atoms with Crippen LogP contribution in [-0.4, -0.2) is 40.2 Å². The van der Waals surface area contributed by atoms with Crippen LogP contribution in [0.1, 0.15) is 22.3 Å². The van der Waals surface area contributed by atoms with E-state index in [9.17, 15) is 14.7 Å². The Morgan fingerprint density at radius 1 is 1.36 bits per heavy atom. The fourth-order valence-corrected chi connectivity index (χ4v) is 5.11. The maximum Gasteiger partial charge on any atom is 0.269 e. The molecule has 3 fully saturated rings. The van der Waals surface area contributed by atoms with Crippen molar-refractivity contribution < 1.29 is 14.7 Å². The zero-order chi connectivity index (χ0) is 17.3. The van der Waals surface area contributed by atoms with Crippen LogP contribution in [-0.2, 0) is 4.79 Å². The number of nitrogens with one attached hydrogen (secondary N) is 2. The first kappa shape index (κ1) is 15.1. The number of aryl methyl sites for hydroxylation is 1. The number of hydrazine groups is 1. The van der Waals surface area contributed by atoms with Gasteiger partial charge in [-0.15, -0.1) is 0 Å².